The van der Waals surface area contributed by atoms with Crippen molar-refractivity contribution in [2.45, 2.75) is 5.41 Å². The Morgan fingerprint density at radius 2 is 0.831 bits per heavy atom. The average molecular weight is 828 g/mol. The number of hydrogen-bond donors (Lipinski definition) is 0. The van der Waals surface area contributed by atoms with Crippen LogP contribution in [0.2, 0.25) is 0 Å². The van der Waals surface area contributed by atoms with Crippen molar-refractivity contribution in [1.82, 2.24) is 0 Å². The first-order valence-electron chi connectivity index (χ1n) is 22.4. The standard InChI is InChI=1S/C63H41NO/c1-4-14-42(15-5-1)43-24-26-44(27-25-43)45-30-33-50(34-31-45)64(51-35-38-53-47(40-51)29-28-46-32-37-57-56-21-11-13-23-60(56)65-62(57)61(46)53)52-36-39-55-54-20-10-12-22-58(54)63(59(55)41-52,48-16-6-2-7-17-48)49-18-8-3-9-19-49/h1-41H. The van der Waals surface area contributed by atoms with Gasteiger partial charge in [-0.15, -0.1) is 0 Å². The van der Waals surface area contributed by atoms with E-state index in [9.17, 15) is 0 Å². The lowest BCUT2D eigenvalue weighted by Gasteiger charge is -2.35. The summed E-state index contributed by atoms with van der Waals surface area (Å²) in [6.07, 6.45) is 0. The molecule has 304 valence electrons. The topological polar surface area (TPSA) is 16.4 Å². The normalized spacial score (nSPS) is 12.7. The Hall–Kier alpha value is -8.46. The van der Waals surface area contributed by atoms with Gasteiger partial charge in [0.25, 0.3) is 0 Å². The molecule has 0 amide bonds. The molecule has 0 saturated heterocycles. The van der Waals surface area contributed by atoms with Gasteiger partial charge in [-0.1, -0.05) is 200 Å². The molecule has 0 spiro atoms. The largest absolute Gasteiger partial charge is 0.455 e. The van der Waals surface area contributed by atoms with Crippen molar-refractivity contribution in [3.63, 3.8) is 0 Å². The molecule has 1 aliphatic carbocycles. The quantitative estimate of drug-likeness (QED) is 0.149. The molecule has 65 heavy (non-hydrogen) atoms. The first-order chi connectivity index (χ1) is 32.2. The van der Waals surface area contributed by atoms with E-state index in [0.29, 0.717) is 0 Å². The van der Waals surface area contributed by atoms with Gasteiger partial charge < -0.3 is 9.32 Å². The second-order valence-electron chi connectivity index (χ2n) is 17.2. The Morgan fingerprint density at radius 1 is 0.323 bits per heavy atom. The fourth-order valence-electron chi connectivity index (χ4n) is 10.8. The van der Waals surface area contributed by atoms with E-state index in [-0.39, 0.29) is 0 Å². The minimum absolute atomic E-state index is 0.522. The monoisotopic (exact) mass is 827 g/mol. The molecule has 2 heteroatoms. The number of furan rings is 1. The summed E-state index contributed by atoms with van der Waals surface area (Å²) in [5.74, 6) is 0. The van der Waals surface area contributed by atoms with E-state index in [1.165, 1.54) is 61.0 Å². The van der Waals surface area contributed by atoms with E-state index in [2.05, 4.69) is 248 Å². The fraction of sp³-hybridized carbons (Fsp3) is 0.0159. The van der Waals surface area contributed by atoms with Crippen LogP contribution in [0.3, 0.4) is 0 Å². The molecule has 0 unspecified atom stereocenters. The number of anilines is 3. The third-order valence-corrected chi connectivity index (χ3v) is 13.7. The molecule has 0 aliphatic heterocycles. The third-order valence-electron chi connectivity index (χ3n) is 13.7. The fourth-order valence-corrected chi connectivity index (χ4v) is 10.8. The predicted molar refractivity (Wildman–Crippen MR) is 272 cm³/mol. The Bertz CT molecular complexity index is 3700. The summed E-state index contributed by atoms with van der Waals surface area (Å²) in [5, 5.41) is 6.91. The van der Waals surface area contributed by atoms with Crippen LogP contribution in [0.1, 0.15) is 22.3 Å². The van der Waals surface area contributed by atoms with Crippen LogP contribution in [0.5, 0.6) is 0 Å². The maximum atomic E-state index is 6.62. The van der Waals surface area contributed by atoms with Gasteiger partial charge in [0.15, 0.2) is 0 Å². The summed E-state index contributed by atoms with van der Waals surface area (Å²) in [6.45, 7) is 0. The van der Waals surface area contributed by atoms with E-state index in [1.807, 2.05) is 6.07 Å². The lowest BCUT2D eigenvalue weighted by molar-refractivity contribution is 0.673. The molecule has 2 nitrogen and oxygen atoms in total. The number of para-hydroxylation sites is 1. The number of rotatable bonds is 7. The van der Waals surface area contributed by atoms with Crippen LogP contribution < -0.4 is 4.90 Å². The number of hydrogen-bond acceptors (Lipinski definition) is 2. The van der Waals surface area contributed by atoms with Gasteiger partial charge in [0.05, 0.1) is 5.41 Å². The van der Waals surface area contributed by atoms with Crippen molar-refractivity contribution in [2.24, 2.45) is 0 Å². The summed E-state index contributed by atoms with van der Waals surface area (Å²) in [5.41, 5.74) is 16.9. The van der Waals surface area contributed by atoms with E-state index in [1.54, 1.807) is 0 Å². The van der Waals surface area contributed by atoms with Crippen LogP contribution in [-0.2, 0) is 5.41 Å². The molecular weight excluding hydrogens is 787 g/mol. The SMILES string of the molecule is c1ccc(-c2ccc(-c3ccc(N(c4ccc5c(c4)C(c4ccccc4)(c4ccccc4)c4ccccc4-5)c4ccc5c(ccc6ccc7c8ccccc8oc7c65)c4)cc3)cc2)cc1. The van der Waals surface area contributed by atoms with E-state index in [4.69, 9.17) is 4.42 Å². The molecule has 1 heterocycles. The van der Waals surface area contributed by atoms with E-state index < -0.39 is 5.41 Å². The van der Waals surface area contributed by atoms with Gasteiger partial charge in [0.1, 0.15) is 11.2 Å². The van der Waals surface area contributed by atoms with Gasteiger partial charge in [0.2, 0.25) is 0 Å². The molecule has 1 aliphatic rings. The van der Waals surface area contributed by atoms with Crippen LogP contribution >= 0.6 is 0 Å². The third kappa shape index (κ3) is 5.81. The molecule has 0 saturated carbocycles. The lowest BCUT2D eigenvalue weighted by atomic mass is 9.67. The average Bonchev–Trinajstić information content (AvgIpc) is 3.91. The van der Waals surface area contributed by atoms with Crippen molar-refractivity contribution in [1.29, 1.82) is 0 Å². The van der Waals surface area contributed by atoms with Crippen LogP contribution in [-0.4, -0.2) is 0 Å². The lowest BCUT2D eigenvalue weighted by Crippen LogP contribution is -2.28. The Morgan fingerprint density at radius 3 is 1.55 bits per heavy atom. The zero-order valence-electron chi connectivity index (χ0n) is 35.5. The molecule has 13 rings (SSSR count). The molecule has 0 N–H and O–H groups in total. The summed E-state index contributed by atoms with van der Waals surface area (Å²) in [7, 11) is 0. The molecule has 0 atom stereocenters. The molecule has 1 aromatic heterocycles. The second kappa shape index (κ2) is 14.8. The van der Waals surface area contributed by atoms with Crippen molar-refractivity contribution in [3.05, 3.63) is 271 Å². The molecular formula is C63H41NO. The minimum atomic E-state index is -0.522. The number of benzene rings is 11. The van der Waals surface area contributed by atoms with Crippen LogP contribution in [0, 0.1) is 0 Å². The van der Waals surface area contributed by atoms with Gasteiger partial charge in [-0.05, 0) is 120 Å². The van der Waals surface area contributed by atoms with Crippen molar-refractivity contribution in [2.75, 3.05) is 4.90 Å². The highest BCUT2D eigenvalue weighted by Crippen LogP contribution is 2.57. The minimum Gasteiger partial charge on any atom is -0.455 e. The van der Waals surface area contributed by atoms with E-state index >= 15 is 0 Å². The number of nitrogens with zero attached hydrogens (tertiary/aromatic N) is 1. The Balaban J connectivity index is 1.01. The van der Waals surface area contributed by atoms with Crippen molar-refractivity contribution < 1.29 is 4.42 Å². The number of fused-ring (bicyclic) bond motifs is 10. The van der Waals surface area contributed by atoms with Crippen LogP contribution in [0.25, 0.3) is 76.9 Å². The van der Waals surface area contributed by atoms with Crippen LogP contribution in [0.15, 0.2) is 253 Å². The van der Waals surface area contributed by atoms with Gasteiger partial charge >= 0.3 is 0 Å². The summed E-state index contributed by atoms with van der Waals surface area (Å²) >= 11 is 0. The van der Waals surface area contributed by atoms with Gasteiger partial charge in [-0.25, -0.2) is 0 Å². The zero-order chi connectivity index (χ0) is 42.9. The summed E-state index contributed by atoms with van der Waals surface area (Å²) in [6, 6.07) is 90.9. The van der Waals surface area contributed by atoms with Gasteiger partial charge in [0, 0.05) is 33.2 Å². The highest BCUT2D eigenvalue weighted by molar-refractivity contribution is 6.23. The maximum absolute atomic E-state index is 6.62. The molecule has 12 aromatic rings. The smallest absolute Gasteiger partial charge is 0.143 e. The van der Waals surface area contributed by atoms with Crippen LogP contribution in [0.4, 0.5) is 17.1 Å². The zero-order valence-corrected chi connectivity index (χ0v) is 35.5. The Labute approximate surface area is 377 Å². The predicted octanol–water partition coefficient (Wildman–Crippen LogP) is 17.1. The summed E-state index contributed by atoms with van der Waals surface area (Å²) in [4.78, 5) is 2.43. The Kier molecular flexibility index (Phi) is 8.47. The highest BCUT2D eigenvalue weighted by atomic mass is 16.3. The van der Waals surface area contributed by atoms with Crippen molar-refractivity contribution >= 4 is 60.5 Å². The van der Waals surface area contributed by atoms with Gasteiger partial charge in [-0.3, -0.25) is 0 Å². The highest BCUT2D eigenvalue weighted by Gasteiger charge is 2.46. The first kappa shape index (κ1) is 37.1. The summed E-state index contributed by atoms with van der Waals surface area (Å²) < 4.78 is 6.62. The van der Waals surface area contributed by atoms with Crippen molar-refractivity contribution in [3.8, 4) is 33.4 Å². The first-order valence-corrected chi connectivity index (χ1v) is 22.4. The van der Waals surface area contributed by atoms with Gasteiger partial charge in [-0.2, -0.15) is 0 Å². The van der Waals surface area contributed by atoms with E-state index in [0.717, 1.165) is 55.2 Å². The molecule has 11 aromatic carbocycles. The molecule has 0 bridgehead atoms. The maximum Gasteiger partial charge on any atom is 0.143 e. The second-order valence-corrected chi connectivity index (χ2v) is 17.2. The molecule has 0 fully saturated rings. The molecule has 0 radical (unpaired) electrons.